The minimum absolute atomic E-state index is 0.143. The Hall–Kier alpha value is -4.12. The smallest absolute Gasteiger partial charge is 0.338 e. The van der Waals surface area contributed by atoms with Crippen LogP contribution in [-0.2, 0) is 18.9 Å². The third-order valence-electron chi connectivity index (χ3n) is 4.26. The number of rotatable bonds is 8. The molecule has 0 aliphatic heterocycles. The molecule has 2 aromatic carbocycles. The molecule has 0 heterocycles. The monoisotopic (exact) mass is 466 g/mol. The van der Waals surface area contributed by atoms with Gasteiger partial charge >= 0.3 is 23.9 Å². The van der Waals surface area contributed by atoms with E-state index in [0.717, 1.165) is 0 Å². The van der Waals surface area contributed by atoms with Crippen LogP contribution >= 0.6 is 0 Å². The van der Waals surface area contributed by atoms with Crippen molar-refractivity contribution in [1.29, 1.82) is 0 Å². The first-order valence-electron chi connectivity index (χ1n) is 10.8. The zero-order valence-corrected chi connectivity index (χ0v) is 19.6. The fraction of sp³-hybridized carbons (Fsp3) is 0.308. The van der Waals surface area contributed by atoms with E-state index in [-0.39, 0.29) is 48.7 Å². The molecular formula is C26H26O8. The van der Waals surface area contributed by atoms with Crippen molar-refractivity contribution in [3.8, 4) is 11.8 Å². The quantitative estimate of drug-likeness (QED) is 0.329. The minimum Gasteiger partial charge on any atom is -0.462 e. The van der Waals surface area contributed by atoms with Crippen LogP contribution in [0.15, 0.2) is 36.4 Å². The predicted molar refractivity (Wildman–Crippen MR) is 123 cm³/mol. The first-order valence-corrected chi connectivity index (χ1v) is 10.8. The Kier molecular flexibility index (Phi) is 9.84. The maximum absolute atomic E-state index is 12.2. The summed E-state index contributed by atoms with van der Waals surface area (Å²) in [6, 6.07) is 8.68. The largest absolute Gasteiger partial charge is 0.462 e. The van der Waals surface area contributed by atoms with Crippen LogP contribution in [-0.4, -0.2) is 50.3 Å². The summed E-state index contributed by atoms with van der Waals surface area (Å²) in [5.74, 6) is 3.30. The molecule has 34 heavy (non-hydrogen) atoms. The maximum atomic E-state index is 12.2. The van der Waals surface area contributed by atoms with Crippen molar-refractivity contribution in [2.45, 2.75) is 27.7 Å². The topological polar surface area (TPSA) is 105 Å². The van der Waals surface area contributed by atoms with Gasteiger partial charge in [-0.15, -0.1) is 0 Å². The van der Waals surface area contributed by atoms with Crippen molar-refractivity contribution in [2.75, 3.05) is 26.4 Å². The van der Waals surface area contributed by atoms with Crippen LogP contribution in [0.2, 0.25) is 0 Å². The molecule has 178 valence electrons. The molecule has 8 heteroatoms. The molecule has 2 aromatic rings. The summed E-state index contributed by atoms with van der Waals surface area (Å²) in [6.07, 6.45) is 0. The number of carbonyl (C=O) groups is 4. The molecule has 0 aliphatic rings. The van der Waals surface area contributed by atoms with E-state index in [1.54, 1.807) is 27.7 Å². The van der Waals surface area contributed by atoms with Crippen LogP contribution < -0.4 is 0 Å². The highest BCUT2D eigenvalue weighted by molar-refractivity contribution is 5.97. The van der Waals surface area contributed by atoms with Crippen LogP contribution in [0.5, 0.6) is 0 Å². The lowest BCUT2D eigenvalue weighted by atomic mass is 10.0. The molecule has 0 spiro atoms. The van der Waals surface area contributed by atoms with E-state index in [1.807, 2.05) is 0 Å². The minimum atomic E-state index is -0.606. The van der Waals surface area contributed by atoms with E-state index in [4.69, 9.17) is 18.9 Å². The molecule has 0 fully saturated rings. The summed E-state index contributed by atoms with van der Waals surface area (Å²) in [5.41, 5.74) is 1.25. The van der Waals surface area contributed by atoms with E-state index in [2.05, 4.69) is 11.8 Å². The summed E-state index contributed by atoms with van der Waals surface area (Å²) < 4.78 is 20.1. The Balaban J connectivity index is 2.55. The van der Waals surface area contributed by atoms with Crippen LogP contribution in [0.4, 0.5) is 0 Å². The molecule has 0 radical (unpaired) electrons. The third kappa shape index (κ3) is 7.20. The van der Waals surface area contributed by atoms with Crippen LogP contribution in [0.3, 0.4) is 0 Å². The van der Waals surface area contributed by atoms with Gasteiger partial charge in [0.2, 0.25) is 0 Å². The molecule has 8 nitrogen and oxygen atoms in total. The van der Waals surface area contributed by atoms with Crippen molar-refractivity contribution in [3.63, 3.8) is 0 Å². The molecular weight excluding hydrogens is 440 g/mol. The Morgan fingerprint density at radius 2 is 0.735 bits per heavy atom. The first kappa shape index (κ1) is 26.1. The maximum Gasteiger partial charge on any atom is 0.338 e. The molecule has 0 saturated carbocycles. The average molecular weight is 466 g/mol. The van der Waals surface area contributed by atoms with Gasteiger partial charge in [0, 0.05) is 11.1 Å². The summed E-state index contributed by atoms with van der Waals surface area (Å²) in [6.45, 7) is 7.36. The number of benzene rings is 2. The van der Waals surface area contributed by atoms with Gasteiger partial charge in [0.15, 0.2) is 0 Å². The van der Waals surface area contributed by atoms with Crippen molar-refractivity contribution in [3.05, 3.63) is 69.8 Å². The van der Waals surface area contributed by atoms with E-state index < -0.39 is 23.9 Å². The van der Waals surface area contributed by atoms with E-state index >= 15 is 0 Å². The van der Waals surface area contributed by atoms with Gasteiger partial charge in [0.05, 0.1) is 48.7 Å². The van der Waals surface area contributed by atoms with Crippen LogP contribution in [0.25, 0.3) is 0 Å². The lowest BCUT2D eigenvalue weighted by molar-refractivity contribution is 0.0506. The van der Waals surface area contributed by atoms with Crippen molar-refractivity contribution in [2.24, 2.45) is 0 Å². The molecule has 2 rings (SSSR count). The zero-order valence-electron chi connectivity index (χ0n) is 19.6. The number of carbonyl (C=O) groups excluding carboxylic acids is 4. The molecule has 0 N–H and O–H groups in total. The molecule has 0 saturated heterocycles. The number of ether oxygens (including phenoxy) is 4. The number of esters is 4. The van der Waals surface area contributed by atoms with Crippen molar-refractivity contribution in [1.82, 2.24) is 0 Å². The molecule has 0 aliphatic carbocycles. The van der Waals surface area contributed by atoms with Gasteiger partial charge in [-0.3, -0.25) is 0 Å². The molecule has 0 atom stereocenters. The van der Waals surface area contributed by atoms with Gasteiger partial charge in [-0.1, -0.05) is 11.8 Å². The van der Waals surface area contributed by atoms with Gasteiger partial charge < -0.3 is 18.9 Å². The summed E-state index contributed by atoms with van der Waals surface area (Å²) >= 11 is 0. The van der Waals surface area contributed by atoms with Crippen LogP contribution in [0, 0.1) is 11.8 Å². The highest BCUT2D eigenvalue weighted by Gasteiger charge is 2.16. The fourth-order valence-electron chi connectivity index (χ4n) is 2.87. The van der Waals surface area contributed by atoms with Crippen LogP contribution in [0.1, 0.15) is 80.3 Å². The highest BCUT2D eigenvalue weighted by atomic mass is 16.5. The Morgan fingerprint density at radius 3 is 0.941 bits per heavy atom. The van der Waals surface area contributed by atoms with Gasteiger partial charge in [-0.05, 0) is 64.1 Å². The van der Waals surface area contributed by atoms with E-state index in [0.29, 0.717) is 11.1 Å². The predicted octanol–water partition coefficient (Wildman–Crippen LogP) is 3.79. The molecule has 0 aromatic heterocycles. The molecule has 0 unspecified atom stereocenters. The Bertz CT molecular complexity index is 977. The Labute approximate surface area is 198 Å². The Morgan fingerprint density at radius 1 is 0.500 bits per heavy atom. The van der Waals surface area contributed by atoms with Crippen molar-refractivity contribution >= 4 is 23.9 Å². The summed E-state index contributed by atoms with van der Waals surface area (Å²) in [4.78, 5) is 49.0. The van der Waals surface area contributed by atoms with Gasteiger partial charge in [-0.25, -0.2) is 19.2 Å². The lowest BCUT2D eigenvalue weighted by Gasteiger charge is -2.07. The van der Waals surface area contributed by atoms with Gasteiger partial charge in [0.1, 0.15) is 0 Å². The zero-order chi connectivity index (χ0) is 25.1. The molecule has 0 amide bonds. The summed E-state index contributed by atoms with van der Waals surface area (Å²) in [7, 11) is 0. The summed E-state index contributed by atoms with van der Waals surface area (Å²) in [5, 5.41) is 0. The number of hydrogen-bond donors (Lipinski definition) is 0. The SMILES string of the molecule is CCOC(=O)c1cc(C#Cc2cc(C(=O)OCC)cc(C(=O)OCC)c2)cc(C(=O)OCC)c1. The van der Waals surface area contributed by atoms with E-state index in [1.165, 1.54) is 36.4 Å². The van der Waals surface area contributed by atoms with Gasteiger partial charge in [-0.2, -0.15) is 0 Å². The van der Waals surface area contributed by atoms with Crippen molar-refractivity contribution < 1.29 is 38.1 Å². The third-order valence-corrected chi connectivity index (χ3v) is 4.26. The standard InChI is InChI=1S/C26H26O8/c1-5-31-23(27)19-11-17(12-20(15-19)24(28)32-6-2)9-10-18-13-21(25(29)33-7-3)16-22(14-18)26(30)34-8-4/h11-16H,5-8H2,1-4H3. The average Bonchev–Trinajstić information content (AvgIpc) is 2.83. The fourth-order valence-corrected chi connectivity index (χ4v) is 2.87. The second-order valence-corrected chi connectivity index (χ2v) is 6.73. The van der Waals surface area contributed by atoms with E-state index in [9.17, 15) is 19.2 Å². The highest BCUT2D eigenvalue weighted by Crippen LogP contribution is 2.15. The lowest BCUT2D eigenvalue weighted by Crippen LogP contribution is -2.10. The van der Waals surface area contributed by atoms with Gasteiger partial charge in [0.25, 0.3) is 0 Å². The first-order chi connectivity index (χ1) is 16.3. The second-order valence-electron chi connectivity index (χ2n) is 6.73. The second kappa shape index (κ2) is 12.8. The normalized spacial score (nSPS) is 9.88. The number of hydrogen-bond acceptors (Lipinski definition) is 8. The molecule has 0 bridgehead atoms.